The van der Waals surface area contributed by atoms with E-state index in [4.69, 9.17) is 4.74 Å². The number of hydrogen-bond acceptors (Lipinski definition) is 4. The number of aromatic nitrogens is 1. The van der Waals surface area contributed by atoms with Gasteiger partial charge in [-0.3, -0.25) is 9.59 Å². The van der Waals surface area contributed by atoms with E-state index in [0.29, 0.717) is 22.4 Å². The van der Waals surface area contributed by atoms with E-state index in [-0.39, 0.29) is 30.0 Å². The van der Waals surface area contributed by atoms with Gasteiger partial charge in [0, 0.05) is 22.9 Å². The summed E-state index contributed by atoms with van der Waals surface area (Å²) in [4.78, 5) is 41.8. The number of benzene rings is 1. The lowest BCUT2D eigenvalue weighted by Crippen LogP contribution is -2.41. The van der Waals surface area contributed by atoms with Gasteiger partial charge >= 0.3 is 5.97 Å². The molecule has 0 atom stereocenters. The smallest absolute Gasteiger partial charge is 0.354 e. The Bertz CT molecular complexity index is 869. The van der Waals surface area contributed by atoms with E-state index < -0.39 is 11.8 Å². The third kappa shape index (κ3) is 4.24. The van der Waals surface area contributed by atoms with Crippen molar-refractivity contribution in [3.8, 4) is 0 Å². The summed E-state index contributed by atoms with van der Waals surface area (Å²) in [6.07, 6.45) is 0. The average molecular weight is 374 g/mol. The predicted octanol–water partition coefficient (Wildman–Crippen LogP) is 3.29. The van der Waals surface area contributed by atoms with Crippen LogP contribution in [0.15, 0.2) is 24.3 Å². The molecule has 0 aliphatic heterocycles. The monoisotopic (exact) mass is 374 g/mol. The molecule has 0 spiro atoms. The molecule has 1 aromatic heterocycles. The van der Waals surface area contributed by atoms with Crippen LogP contribution in [-0.2, 0) is 4.74 Å². The van der Waals surface area contributed by atoms with Gasteiger partial charge in [0.15, 0.2) is 5.78 Å². The number of ether oxygens (including phenoxy) is 1. The first-order valence-electron chi connectivity index (χ1n) is 8.54. The van der Waals surface area contributed by atoms with Crippen molar-refractivity contribution in [2.45, 2.75) is 33.7 Å². The molecule has 0 fully saturated rings. The maximum atomic E-state index is 13.1. The molecule has 2 aromatic rings. The van der Waals surface area contributed by atoms with Crippen LogP contribution in [0.4, 0.5) is 4.39 Å². The van der Waals surface area contributed by atoms with E-state index in [9.17, 15) is 18.8 Å². The van der Waals surface area contributed by atoms with Crippen molar-refractivity contribution in [2.75, 3.05) is 13.7 Å². The number of aryl methyl sites for hydroxylation is 1. The van der Waals surface area contributed by atoms with Crippen LogP contribution in [0, 0.1) is 19.7 Å². The molecule has 1 heterocycles. The highest BCUT2D eigenvalue weighted by Gasteiger charge is 2.27. The molecule has 0 radical (unpaired) electrons. The molecule has 144 valence electrons. The van der Waals surface area contributed by atoms with Crippen molar-refractivity contribution < 1.29 is 23.5 Å². The fourth-order valence-electron chi connectivity index (χ4n) is 2.96. The van der Waals surface area contributed by atoms with E-state index in [0.717, 1.165) is 0 Å². The summed E-state index contributed by atoms with van der Waals surface area (Å²) in [5.74, 6) is -1.65. The molecule has 0 aliphatic carbocycles. The first-order chi connectivity index (χ1) is 12.7. The van der Waals surface area contributed by atoms with Crippen molar-refractivity contribution in [3.05, 3.63) is 58.2 Å². The summed E-state index contributed by atoms with van der Waals surface area (Å²) in [6, 6.07) is 4.94. The molecular formula is C20H23FN2O4. The Morgan fingerprint density at radius 2 is 1.74 bits per heavy atom. The summed E-state index contributed by atoms with van der Waals surface area (Å²) in [5, 5.41) is 0. The van der Waals surface area contributed by atoms with Gasteiger partial charge in [-0.25, -0.2) is 9.18 Å². The molecule has 2 rings (SSSR count). The van der Waals surface area contributed by atoms with Crippen LogP contribution < -0.4 is 0 Å². The Kier molecular flexibility index (Phi) is 6.15. The van der Waals surface area contributed by atoms with Crippen LogP contribution in [-0.4, -0.2) is 47.2 Å². The molecule has 0 saturated carbocycles. The van der Waals surface area contributed by atoms with E-state index in [1.54, 1.807) is 27.7 Å². The van der Waals surface area contributed by atoms with Crippen molar-refractivity contribution in [1.82, 2.24) is 9.88 Å². The van der Waals surface area contributed by atoms with Gasteiger partial charge in [0.1, 0.15) is 11.5 Å². The molecule has 0 bridgehead atoms. The van der Waals surface area contributed by atoms with E-state index >= 15 is 0 Å². The minimum atomic E-state index is -0.558. The topological polar surface area (TPSA) is 79.5 Å². The normalized spacial score (nSPS) is 10.8. The number of nitrogens with one attached hydrogen (secondary N) is 1. The van der Waals surface area contributed by atoms with Crippen LogP contribution in [0.1, 0.15) is 56.3 Å². The number of carbonyl (C=O) groups excluding carboxylic acids is 3. The Labute approximate surface area is 157 Å². The molecule has 1 amide bonds. The first-order valence-corrected chi connectivity index (χ1v) is 8.54. The highest BCUT2D eigenvalue weighted by atomic mass is 19.1. The van der Waals surface area contributed by atoms with Crippen molar-refractivity contribution in [3.63, 3.8) is 0 Å². The Morgan fingerprint density at radius 1 is 1.15 bits per heavy atom. The largest absolute Gasteiger partial charge is 0.464 e. The van der Waals surface area contributed by atoms with Gasteiger partial charge in [0.2, 0.25) is 0 Å². The van der Waals surface area contributed by atoms with Gasteiger partial charge in [0.25, 0.3) is 5.91 Å². The van der Waals surface area contributed by atoms with E-state index in [2.05, 4.69) is 4.98 Å². The van der Waals surface area contributed by atoms with Crippen LogP contribution in [0.2, 0.25) is 0 Å². The van der Waals surface area contributed by atoms with Crippen LogP contribution in [0.3, 0.4) is 0 Å². The quantitative estimate of drug-likeness (QED) is 0.622. The van der Waals surface area contributed by atoms with E-state index in [1.165, 1.54) is 36.3 Å². The zero-order chi connectivity index (χ0) is 20.3. The van der Waals surface area contributed by atoms with Gasteiger partial charge in [0.05, 0.1) is 13.7 Å². The number of rotatable bonds is 6. The number of ketones is 1. The van der Waals surface area contributed by atoms with Crippen molar-refractivity contribution in [1.29, 1.82) is 0 Å². The molecule has 6 nitrogen and oxygen atoms in total. The maximum Gasteiger partial charge on any atom is 0.354 e. The van der Waals surface area contributed by atoms with Crippen LogP contribution >= 0.6 is 0 Å². The molecule has 0 aliphatic rings. The third-order valence-corrected chi connectivity index (χ3v) is 4.40. The van der Waals surface area contributed by atoms with E-state index in [1.807, 2.05) is 0 Å². The Hall–Kier alpha value is -2.96. The fourth-order valence-corrected chi connectivity index (χ4v) is 2.96. The van der Waals surface area contributed by atoms with Gasteiger partial charge in [-0.15, -0.1) is 0 Å². The number of nitrogens with zero attached hydrogens (tertiary/aromatic N) is 1. The van der Waals surface area contributed by atoms with Crippen molar-refractivity contribution in [2.24, 2.45) is 0 Å². The summed E-state index contributed by atoms with van der Waals surface area (Å²) < 4.78 is 17.8. The zero-order valence-electron chi connectivity index (χ0n) is 16.1. The van der Waals surface area contributed by atoms with Gasteiger partial charge in [-0.1, -0.05) is 0 Å². The highest BCUT2D eigenvalue weighted by molar-refractivity contribution is 6.05. The number of halogens is 1. The number of H-pyrrole nitrogens is 1. The lowest BCUT2D eigenvalue weighted by atomic mass is 10.0. The predicted molar refractivity (Wildman–Crippen MR) is 98.5 cm³/mol. The number of amides is 1. The molecule has 1 aromatic carbocycles. The minimum Gasteiger partial charge on any atom is -0.464 e. The van der Waals surface area contributed by atoms with Gasteiger partial charge in [-0.2, -0.15) is 0 Å². The first kappa shape index (κ1) is 20.4. The lowest BCUT2D eigenvalue weighted by Gasteiger charge is -2.26. The standard InChI is InChI=1S/C20H23FN2O4/c1-11(2)23(19(25)14-6-8-15(21)9-7-14)10-16(24)17-12(3)18(20(26)27-5)22-13(17)4/h6-9,11,22H,10H2,1-5H3. The molecular weight excluding hydrogens is 351 g/mol. The number of carbonyl (C=O) groups is 3. The van der Waals surface area contributed by atoms with Gasteiger partial charge in [-0.05, 0) is 57.5 Å². The summed E-state index contributed by atoms with van der Waals surface area (Å²) in [7, 11) is 1.27. The summed E-state index contributed by atoms with van der Waals surface area (Å²) in [6.45, 7) is 6.78. The number of aromatic amines is 1. The molecule has 7 heteroatoms. The number of Topliss-reactive ketones (excluding diaryl/α,β-unsaturated/α-hetero) is 1. The zero-order valence-corrected chi connectivity index (χ0v) is 16.1. The highest BCUT2D eigenvalue weighted by Crippen LogP contribution is 2.20. The second-order valence-electron chi connectivity index (χ2n) is 6.57. The maximum absolute atomic E-state index is 13.1. The van der Waals surface area contributed by atoms with Crippen LogP contribution in [0.25, 0.3) is 0 Å². The number of methoxy groups -OCH3 is 1. The van der Waals surface area contributed by atoms with Crippen molar-refractivity contribution >= 4 is 17.7 Å². The molecule has 27 heavy (non-hydrogen) atoms. The number of hydrogen-bond donors (Lipinski definition) is 1. The Balaban J connectivity index is 2.30. The third-order valence-electron chi connectivity index (χ3n) is 4.40. The summed E-state index contributed by atoms with van der Waals surface area (Å²) in [5.41, 5.74) is 1.92. The molecule has 1 N–H and O–H groups in total. The fraction of sp³-hybridized carbons (Fsp3) is 0.350. The summed E-state index contributed by atoms with van der Waals surface area (Å²) >= 11 is 0. The lowest BCUT2D eigenvalue weighted by molar-refractivity contribution is 0.0593. The SMILES string of the molecule is COC(=O)c1[nH]c(C)c(C(=O)CN(C(=O)c2ccc(F)cc2)C(C)C)c1C. The molecule has 0 unspecified atom stereocenters. The second-order valence-corrected chi connectivity index (χ2v) is 6.57. The molecule has 0 saturated heterocycles. The van der Waals surface area contributed by atoms with Gasteiger partial charge < -0.3 is 14.6 Å². The second kappa shape index (κ2) is 8.16. The number of esters is 1. The average Bonchev–Trinajstić information content (AvgIpc) is 2.93. The minimum absolute atomic E-state index is 0.159. The van der Waals surface area contributed by atoms with Crippen LogP contribution in [0.5, 0.6) is 0 Å². The Morgan fingerprint density at radius 3 is 2.26 bits per heavy atom.